The quantitative estimate of drug-likeness (QED) is 0.939. The van der Waals surface area contributed by atoms with E-state index in [4.69, 9.17) is 16.7 Å². The zero-order valence-electron chi connectivity index (χ0n) is 9.39. The smallest absolute Gasteiger partial charge is 0.309 e. The maximum absolute atomic E-state index is 10.7. The van der Waals surface area contributed by atoms with Crippen LogP contribution in [0.4, 0.5) is 0 Å². The van der Waals surface area contributed by atoms with Gasteiger partial charge in [-0.25, -0.2) is 4.68 Å². The molecule has 5 nitrogen and oxygen atoms in total. The van der Waals surface area contributed by atoms with E-state index in [1.165, 1.54) is 0 Å². The van der Waals surface area contributed by atoms with Crippen molar-refractivity contribution in [1.29, 1.82) is 0 Å². The Bertz CT molecular complexity index is 612. The average Bonchev–Trinajstić information content (AvgIpc) is 2.64. The summed E-state index contributed by atoms with van der Waals surface area (Å²) in [5.41, 5.74) is 1.85. The summed E-state index contributed by atoms with van der Waals surface area (Å²) in [5.74, 6) is -0.935. The molecule has 0 radical (unpaired) electrons. The minimum absolute atomic E-state index is 0.149. The summed E-state index contributed by atoms with van der Waals surface area (Å²) in [7, 11) is 0. The van der Waals surface area contributed by atoms with E-state index < -0.39 is 5.97 Å². The third kappa shape index (κ3) is 2.39. The first-order valence-corrected chi connectivity index (χ1v) is 6.25. The summed E-state index contributed by atoms with van der Waals surface area (Å²) in [6.45, 7) is 1.77. The Balaban J connectivity index is 2.49. The molecule has 1 N–H and O–H groups in total. The lowest BCUT2D eigenvalue weighted by Gasteiger charge is -2.07. The van der Waals surface area contributed by atoms with Crippen LogP contribution in [0.5, 0.6) is 0 Å². The number of aromatic nitrogens is 3. The van der Waals surface area contributed by atoms with Crippen molar-refractivity contribution in [3.63, 3.8) is 0 Å². The molecule has 94 valence electrons. The molecule has 0 aliphatic rings. The van der Waals surface area contributed by atoms with Gasteiger partial charge in [-0.2, -0.15) is 0 Å². The molecule has 2 aromatic rings. The zero-order chi connectivity index (χ0) is 13.3. The third-order valence-electron chi connectivity index (χ3n) is 2.47. The Morgan fingerprint density at radius 1 is 1.56 bits per heavy atom. The Labute approximate surface area is 117 Å². The lowest BCUT2D eigenvalue weighted by molar-refractivity contribution is -0.136. The SMILES string of the molecule is Cc1c(CC(=O)O)nnn1-c1cccc(Cl)c1Br. The predicted molar refractivity (Wildman–Crippen MR) is 70.1 cm³/mol. The molecular formula is C11H9BrClN3O2. The van der Waals surface area contributed by atoms with E-state index in [1.807, 2.05) is 6.07 Å². The fourth-order valence-corrected chi connectivity index (χ4v) is 2.15. The van der Waals surface area contributed by atoms with Crippen LogP contribution in [0.2, 0.25) is 5.02 Å². The van der Waals surface area contributed by atoms with E-state index in [2.05, 4.69) is 26.2 Å². The predicted octanol–water partition coefficient (Wildman–Crippen LogP) is 2.62. The molecule has 0 aliphatic carbocycles. The summed E-state index contributed by atoms with van der Waals surface area (Å²) in [4.78, 5) is 10.7. The van der Waals surface area contributed by atoms with E-state index in [0.717, 1.165) is 5.69 Å². The molecule has 18 heavy (non-hydrogen) atoms. The van der Waals surface area contributed by atoms with Crippen LogP contribution in [0.3, 0.4) is 0 Å². The van der Waals surface area contributed by atoms with Crippen molar-refractivity contribution in [3.8, 4) is 5.69 Å². The summed E-state index contributed by atoms with van der Waals surface area (Å²) >= 11 is 9.38. The van der Waals surface area contributed by atoms with Gasteiger partial charge in [0, 0.05) is 0 Å². The molecule has 1 heterocycles. The van der Waals surface area contributed by atoms with Crippen LogP contribution in [0, 0.1) is 6.92 Å². The van der Waals surface area contributed by atoms with E-state index in [9.17, 15) is 4.79 Å². The number of hydrogen-bond donors (Lipinski definition) is 1. The van der Waals surface area contributed by atoms with Crippen LogP contribution >= 0.6 is 27.5 Å². The normalized spacial score (nSPS) is 10.6. The van der Waals surface area contributed by atoms with Gasteiger partial charge in [-0.1, -0.05) is 22.9 Å². The molecule has 0 unspecified atom stereocenters. The molecule has 2 rings (SSSR count). The van der Waals surface area contributed by atoms with Crippen LogP contribution in [0.1, 0.15) is 11.4 Å². The van der Waals surface area contributed by atoms with Crippen molar-refractivity contribution in [2.24, 2.45) is 0 Å². The molecule has 0 bridgehead atoms. The molecule has 0 aliphatic heterocycles. The van der Waals surface area contributed by atoms with Gasteiger partial charge in [-0.05, 0) is 35.0 Å². The second-order valence-corrected chi connectivity index (χ2v) is 4.88. The number of hydrogen-bond acceptors (Lipinski definition) is 3. The van der Waals surface area contributed by atoms with Gasteiger partial charge >= 0.3 is 5.97 Å². The van der Waals surface area contributed by atoms with Crippen molar-refractivity contribution >= 4 is 33.5 Å². The topological polar surface area (TPSA) is 68.0 Å². The fourth-order valence-electron chi connectivity index (χ4n) is 1.55. The molecule has 0 spiro atoms. The van der Waals surface area contributed by atoms with Crippen molar-refractivity contribution in [2.45, 2.75) is 13.3 Å². The molecule has 1 aromatic heterocycles. The molecule has 0 saturated carbocycles. The molecule has 0 saturated heterocycles. The zero-order valence-corrected chi connectivity index (χ0v) is 11.7. The standard InChI is InChI=1S/C11H9BrClN3O2/c1-6-8(5-10(17)18)14-15-16(6)9-4-2-3-7(13)11(9)12/h2-4H,5H2,1H3,(H,17,18). The second kappa shape index (κ2) is 5.07. The number of halogens is 2. The fraction of sp³-hybridized carbons (Fsp3) is 0.182. The number of rotatable bonds is 3. The van der Waals surface area contributed by atoms with Gasteiger partial charge in [0.25, 0.3) is 0 Å². The van der Waals surface area contributed by atoms with Gasteiger partial charge in [0.15, 0.2) is 0 Å². The first-order chi connectivity index (χ1) is 8.50. The highest BCUT2D eigenvalue weighted by Gasteiger charge is 2.15. The summed E-state index contributed by atoms with van der Waals surface area (Å²) in [6.07, 6.45) is -0.149. The Morgan fingerprint density at radius 2 is 2.28 bits per heavy atom. The Morgan fingerprint density at radius 3 is 2.94 bits per heavy atom. The van der Waals surface area contributed by atoms with E-state index in [0.29, 0.717) is 20.9 Å². The summed E-state index contributed by atoms with van der Waals surface area (Å²) < 4.78 is 2.26. The largest absolute Gasteiger partial charge is 0.481 e. The number of benzene rings is 1. The molecule has 0 atom stereocenters. The molecule has 7 heteroatoms. The number of carboxylic acid groups (broad SMARTS) is 1. The molecule has 0 amide bonds. The first kappa shape index (κ1) is 13.0. The van der Waals surface area contributed by atoms with E-state index >= 15 is 0 Å². The van der Waals surface area contributed by atoms with Gasteiger partial charge in [-0.3, -0.25) is 4.79 Å². The molecular weight excluding hydrogens is 321 g/mol. The maximum atomic E-state index is 10.7. The summed E-state index contributed by atoms with van der Waals surface area (Å²) in [5, 5.41) is 17.1. The second-order valence-electron chi connectivity index (χ2n) is 3.68. The number of carboxylic acids is 1. The van der Waals surface area contributed by atoms with Crippen molar-refractivity contribution in [3.05, 3.63) is 39.1 Å². The third-order valence-corrected chi connectivity index (χ3v) is 3.84. The Hall–Kier alpha value is -1.40. The molecule has 0 fully saturated rings. The first-order valence-electron chi connectivity index (χ1n) is 5.08. The van der Waals surface area contributed by atoms with Gasteiger partial charge in [0.05, 0.1) is 33.0 Å². The van der Waals surface area contributed by atoms with Crippen molar-refractivity contribution < 1.29 is 9.90 Å². The summed E-state index contributed by atoms with van der Waals surface area (Å²) in [6, 6.07) is 5.36. The highest BCUT2D eigenvalue weighted by Crippen LogP contribution is 2.29. The van der Waals surface area contributed by atoms with Crippen LogP contribution in [-0.4, -0.2) is 26.1 Å². The average molecular weight is 331 g/mol. The van der Waals surface area contributed by atoms with Gasteiger partial charge in [0.2, 0.25) is 0 Å². The van der Waals surface area contributed by atoms with Crippen molar-refractivity contribution in [2.75, 3.05) is 0 Å². The van der Waals surface area contributed by atoms with E-state index in [1.54, 1.807) is 23.7 Å². The number of nitrogens with zero attached hydrogens (tertiary/aromatic N) is 3. The van der Waals surface area contributed by atoms with Gasteiger partial charge in [0.1, 0.15) is 0 Å². The highest BCUT2D eigenvalue weighted by atomic mass is 79.9. The van der Waals surface area contributed by atoms with Gasteiger partial charge in [-0.15, -0.1) is 5.10 Å². The Kier molecular flexibility index (Phi) is 3.68. The minimum atomic E-state index is -0.935. The van der Waals surface area contributed by atoms with E-state index in [-0.39, 0.29) is 6.42 Å². The number of aliphatic carboxylic acids is 1. The van der Waals surface area contributed by atoms with Crippen LogP contribution in [-0.2, 0) is 11.2 Å². The highest BCUT2D eigenvalue weighted by molar-refractivity contribution is 9.10. The monoisotopic (exact) mass is 329 g/mol. The van der Waals surface area contributed by atoms with Crippen LogP contribution < -0.4 is 0 Å². The lowest BCUT2D eigenvalue weighted by Crippen LogP contribution is -2.04. The van der Waals surface area contributed by atoms with Crippen molar-refractivity contribution in [1.82, 2.24) is 15.0 Å². The minimum Gasteiger partial charge on any atom is -0.481 e. The van der Waals surface area contributed by atoms with Gasteiger partial charge < -0.3 is 5.11 Å². The van der Waals surface area contributed by atoms with Crippen LogP contribution in [0.25, 0.3) is 5.69 Å². The van der Waals surface area contributed by atoms with Crippen LogP contribution in [0.15, 0.2) is 22.7 Å². The lowest BCUT2D eigenvalue weighted by atomic mass is 10.2. The molecule has 1 aromatic carbocycles. The number of carbonyl (C=O) groups is 1. The maximum Gasteiger partial charge on any atom is 0.309 e.